The number of imidazole rings is 1. The van der Waals surface area contributed by atoms with E-state index in [1.807, 2.05) is 22.9 Å². The zero-order valence-corrected chi connectivity index (χ0v) is 16.0. The highest BCUT2D eigenvalue weighted by molar-refractivity contribution is 5.94. The molecule has 8 nitrogen and oxygen atoms in total. The number of benzene rings is 1. The number of rotatable bonds is 8. The summed E-state index contributed by atoms with van der Waals surface area (Å²) in [5.41, 5.74) is 0.595. The smallest absolute Gasteiger partial charge is 0.251 e. The van der Waals surface area contributed by atoms with Crippen LogP contribution >= 0.6 is 0 Å². The number of amides is 2. The molecule has 1 fully saturated rings. The number of piperidine rings is 1. The zero-order chi connectivity index (χ0) is 19.8. The molecule has 0 atom stereocenters. The minimum Gasteiger partial charge on any atom is -0.490 e. The first-order valence-corrected chi connectivity index (χ1v) is 9.43. The van der Waals surface area contributed by atoms with E-state index in [1.54, 1.807) is 29.6 Å². The van der Waals surface area contributed by atoms with Crippen LogP contribution in [-0.4, -0.2) is 65.7 Å². The summed E-state index contributed by atoms with van der Waals surface area (Å²) in [7, 11) is 1.53. The average molecular weight is 386 g/mol. The molecule has 1 aromatic carbocycles. The fraction of sp³-hybridized carbons (Fsp3) is 0.450. The number of ether oxygens (including phenoxy) is 2. The van der Waals surface area contributed by atoms with Crippen molar-refractivity contribution in [2.24, 2.45) is 0 Å². The van der Waals surface area contributed by atoms with Gasteiger partial charge in [0.05, 0.1) is 6.33 Å². The van der Waals surface area contributed by atoms with Crippen LogP contribution in [0.3, 0.4) is 0 Å². The number of carbonyl (C=O) groups is 2. The summed E-state index contributed by atoms with van der Waals surface area (Å²) in [5, 5.41) is 2.89. The lowest BCUT2D eigenvalue weighted by atomic mass is 10.1. The van der Waals surface area contributed by atoms with Crippen LogP contribution in [0.2, 0.25) is 0 Å². The second-order valence-electron chi connectivity index (χ2n) is 6.71. The van der Waals surface area contributed by atoms with Gasteiger partial charge in [0.2, 0.25) is 5.91 Å². The summed E-state index contributed by atoms with van der Waals surface area (Å²) < 4.78 is 12.8. The molecule has 1 aliphatic heterocycles. The van der Waals surface area contributed by atoms with Crippen LogP contribution in [0.15, 0.2) is 43.0 Å². The van der Waals surface area contributed by atoms with E-state index in [2.05, 4.69) is 10.3 Å². The van der Waals surface area contributed by atoms with Crippen LogP contribution in [0.5, 0.6) is 5.75 Å². The van der Waals surface area contributed by atoms with Gasteiger partial charge < -0.3 is 24.3 Å². The van der Waals surface area contributed by atoms with E-state index in [0.717, 1.165) is 18.6 Å². The fourth-order valence-corrected chi connectivity index (χ4v) is 3.13. The molecule has 0 aliphatic carbocycles. The third-order valence-electron chi connectivity index (χ3n) is 4.70. The molecule has 0 saturated carbocycles. The van der Waals surface area contributed by atoms with E-state index in [-0.39, 0.29) is 24.5 Å². The molecule has 2 amide bonds. The van der Waals surface area contributed by atoms with Gasteiger partial charge in [0.15, 0.2) is 0 Å². The molecule has 150 valence electrons. The van der Waals surface area contributed by atoms with Crippen LogP contribution in [0.25, 0.3) is 0 Å². The molecule has 0 unspecified atom stereocenters. The van der Waals surface area contributed by atoms with Gasteiger partial charge in [-0.15, -0.1) is 0 Å². The number of likely N-dealkylation sites (tertiary alicyclic amines) is 1. The summed E-state index contributed by atoms with van der Waals surface area (Å²) in [6.45, 7) is 2.68. The van der Waals surface area contributed by atoms with E-state index in [9.17, 15) is 9.59 Å². The molecule has 1 aliphatic rings. The van der Waals surface area contributed by atoms with Gasteiger partial charge in [-0.25, -0.2) is 4.98 Å². The zero-order valence-electron chi connectivity index (χ0n) is 16.0. The lowest BCUT2D eigenvalue weighted by Gasteiger charge is -2.32. The standard InChI is InChI=1S/C20H26N4O4/c1-27-14-19(25)24-10-6-18(7-11-24)28-17-4-2-16(3-5-17)20(26)22-9-13-23-12-8-21-15-23/h2-5,8,12,15,18H,6-7,9-11,13-14H2,1H3,(H,22,26). The van der Waals surface area contributed by atoms with E-state index >= 15 is 0 Å². The Kier molecular flexibility index (Phi) is 7.02. The molecule has 0 radical (unpaired) electrons. The highest BCUT2D eigenvalue weighted by Crippen LogP contribution is 2.20. The van der Waals surface area contributed by atoms with Crippen molar-refractivity contribution in [2.45, 2.75) is 25.5 Å². The Hall–Kier alpha value is -2.87. The van der Waals surface area contributed by atoms with Crippen molar-refractivity contribution in [1.82, 2.24) is 19.8 Å². The van der Waals surface area contributed by atoms with Gasteiger partial charge in [-0.05, 0) is 24.3 Å². The molecule has 28 heavy (non-hydrogen) atoms. The van der Waals surface area contributed by atoms with E-state index < -0.39 is 0 Å². The lowest BCUT2D eigenvalue weighted by Crippen LogP contribution is -2.43. The Bertz CT molecular complexity index is 753. The third-order valence-corrected chi connectivity index (χ3v) is 4.70. The van der Waals surface area contributed by atoms with Crippen LogP contribution in [0.4, 0.5) is 0 Å². The molecule has 2 heterocycles. The molecule has 2 aromatic rings. The van der Waals surface area contributed by atoms with Gasteiger partial charge in [-0.1, -0.05) is 0 Å². The van der Waals surface area contributed by atoms with Gasteiger partial charge in [0, 0.05) is 64.1 Å². The van der Waals surface area contributed by atoms with Gasteiger partial charge in [0.1, 0.15) is 18.5 Å². The summed E-state index contributed by atoms with van der Waals surface area (Å²) in [6.07, 6.45) is 6.92. The van der Waals surface area contributed by atoms with Crippen molar-refractivity contribution in [3.8, 4) is 5.75 Å². The molecule has 3 rings (SSSR count). The van der Waals surface area contributed by atoms with E-state index in [1.165, 1.54) is 7.11 Å². The first-order chi connectivity index (χ1) is 13.7. The quantitative estimate of drug-likeness (QED) is 0.740. The van der Waals surface area contributed by atoms with Gasteiger partial charge in [-0.3, -0.25) is 9.59 Å². The first kappa shape index (κ1) is 19.9. The Morgan fingerprint density at radius 1 is 1.21 bits per heavy atom. The highest BCUT2D eigenvalue weighted by atomic mass is 16.5. The van der Waals surface area contributed by atoms with Crippen LogP contribution in [0.1, 0.15) is 23.2 Å². The lowest BCUT2D eigenvalue weighted by molar-refractivity contribution is -0.136. The number of nitrogens with one attached hydrogen (secondary N) is 1. The molecular formula is C20H26N4O4. The molecular weight excluding hydrogens is 360 g/mol. The Morgan fingerprint density at radius 3 is 2.61 bits per heavy atom. The maximum absolute atomic E-state index is 12.2. The summed E-state index contributed by atoms with van der Waals surface area (Å²) in [4.78, 5) is 29.8. The van der Waals surface area contributed by atoms with Crippen molar-refractivity contribution >= 4 is 11.8 Å². The summed E-state index contributed by atoms with van der Waals surface area (Å²) >= 11 is 0. The summed E-state index contributed by atoms with van der Waals surface area (Å²) in [5.74, 6) is 0.637. The Balaban J connectivity index is 1.42. The van der Waals surface area contributed by atoms with Crippen molar-refractivity contribution in [2.75, 3.05) is 33.4 Å². The maximum Gasteiger partial charge on any atom is 0.251 e. The number of methoxy groups -OCH3 is 1. The van der Waals surface area contributed by atoms with Crippen molar-refractivity contribution < 1.29 is 19.1 Å². The maximum atomic E-state index is 12.2. The van der Waals surface area contributed by atoms with Crippen molar-refractivity contribution in [1.29, 1.82) is 0 Å². The second-order valence-corrected chi connectivity index (χ2v) is 6.71. The molecule has 1 saturated heterocycles. The number of aromatic nitrogens is 2. The second kappa shape index (κ2) is 9.89. The number of nitrogens with zero attached hydrogens (tertiary/aromatic N) is 3. The Morgan fingerprint density at radius 2 is 1.96 bits per heavy atom. The molecule has 0 bridgehead atoms. The molecule has 1 N–H and O–H groups in total. The molecule has 1 aromatic heterocycles. The largest absolute Gasteiger partial charge is 0.490 e. The van der Waals surface area contributed by atoms with Crippen molar-refractivity contribution in [3.05, 3.63) is 48.5 Å². The van der Waals surface area contributed by atoms with Crippen molar-refractivity contribution in [3.63, 3.8) is 0 Å². The average Bonchev–Trinajstić information content (AvgIpc) is 3.23. The highest BCUT2D eigenvalue weighted by Gasteiger charge is 2.23. The van der Waals surface area contributed by atoms with Crippen LogP contribution in [-0.2, 0) is 16.1 Å². The SMILES string of the molecule is COCC(=O)N1CCC(Oc2ccc(C(=O)NCCn3ccnc3)cc2)CC1. The van der Waals surface area contributed by atoms with Crippen LogP contribution in [0, 0.1) is 0 Å². The minimum absolute atomic E-state index is 0.0179. The Labute approximate surface area is 164 Å². The van der Waals surface area contributed by atoms with Gasteiger partial charge in [0.25, 0.3) is 5.91 Å². The topological polar surface area (TPSA) is 85.7 Å². The predicted molar refractivity (Wildman–Crippen MR) is 103 cm³/mol. The van der Waals surface area contributed by atoms with E-state index in [0.29, 0.717) is 31.7 Å². The third kappa shape index (κ3) is 5.56. The van der Waals surface area contributed by atoms with Crippen LogP contribution < -0.4 is 10.1 Å². The first-order valence-electron chi connectivity index (χ1n) is 9.43. The number of hydrogen-bond acceptors (Lipinski definition) is 5. The van der Waals surface area contributed by atoms with E-state index in [4.69, 9.17) is 9.47 Å². The van der Waals surface area contributed by atoms with Gasteiger partial charge >= 0.3 is 0 Å². The number of hydrogen-bond donors (Lipinski definition) is 1. The summed E-state index contributed by atoms with van der Waals surface area (Å²) in [6, 6.07) is 7.15. The monoisotopic (exact) mass is 386 g/mol. The van der Waals surface area contributed by atoms with Gasteiger partial charge in [-0.2, -0.15) is 0 Å². The molecule has 0 spiro atoms. The fourth-order valence-electron chi connectivity index (χ4n) is 3.13. The number of carbonyl (C=O) groups excluding carboxylic acids is 2. The normalized spacial score (nSPS) is 14.7. The molecule has 8 heteroatoms. The predicted octanol–water partition coefficient (Wildman–Crippen LogP) is 1.33. The minimum atomic E-state index is -0.114.